The van der Waals surface area contributed by atoms with Crippen molar-refractivity contribution in [3.63, 3.8) is 0 Å². The van der Waals surface area contributed by atoms with Gasteiger partial charge in [-0.25, -0.2) is 0 Å². The first-order chi connectivity index (χ1) is 4.68. The second-order valence-corrected chi connectivity index (χ2v) is 2.00. The van der Waals surface area contributed by atoms with E-state index in [4.69, 9.17) is 17.3 Å². The van der Waals surface area contributed by atoms with Crippen LogP contribution in [-0.2, 0) is 9.53 Å². The van der Waals surface area contributed by atoms with Gasteiger partial charge in [-0.2, -0.15) is 0 Å². The first kappa shape index (κ1) is 12.5. The fourth-order valence-electron chi connectivity index (χ4n) is 0.113. The van der Waals surface area contributed by atoms with E-state index in [1.807, 2.05) is 0 Å². The van der Waals surface area contributed by atoms with Crippen molar-refractivity contribution in [1.29, 1.82) is 0 Å². The first-order valence-corrected chi connectivity index (χ1v) is 3.44. The standard InChI is InChI=1S/C3H5ClO2.C3H9N/c1-6-2-3(4)5;1-2-3-4/h2H2,1H3;2-4H2,1H3. The summed E-state index contributed by atoms with van der Waals surface area (Å²) in [7, 11) is 1.42. The van der Waals surface area contributed by atoms with E-state index in [1.54, 1.807) is 0 Å². The van der Waals surface area contributed by atoms with E-state index in [0.29, 0.717) is 0 Å². The lowest BCUT2D eigenvalue weighted by molar-refractivity contribution is -0.114. The first-order valence-electron chi connectivity index (χ1n) is 3.06. The highest BCUT2D eigenvalue weighted by atomic mass is 35.5. The summed E-state index contributed by atoms with van der Waals surface area (Å²) in [6.07, 6.45) is 1.10. The zero-order chi connectivity index (χ0) is 8.41. The van der Waals surface area contributed by atoms with E-state index in [2.05, 4.69) is 11.7 Å². The van der Waals surface area contributed by atoms with Crippen molar-refractivity contribution in [3.05, 3.63) is 0 Å². The molecule has 0 aromatic heterocycles. The van der Waals surface area contributed by atoms with Gasteiger partial charge in [0.15, 0.2) is 0 Å². The average molecular weight is 168 g/mol. The number of carbonyl (C=O) groups is 1. The molecule has 0 spiro atoms. The van der Waals surface area contributed by atoms with Crippen molar-refractivity contribution in [2.75, 3.05) is 20.3 Å². The Labute approximate surface area is 66.5 Å². The van der Waals surface area contributed by atoms with Crippen molar-refractivity contribution in [3.8, 4) is 0 Å². The van der Waals surface area contributed by atoms with Crippen LogP contribution in [-0.4, -0.2) is 25.5 Å². The van der Waals surface area contributed by atoms with Crippen LogP contribution < -0.4 is 5.73 Å². The third kappa shape index (κ3) is 24.8. The van der Waals surface area contributed by atoms with Gasteiger partial charge in [0.25, 0.3) is 0 Å². The summed E-state index contributed by atoms with van der Waals surface area (Å²) in [4.78, 5) is 9.68. The second kappa shape index (κ2) is 11.6. The predicted octanol–water partition coefficient (Wildman–Crippen LogP) is 0.753. The van der Waals surface area contributed by atoms with Crippen LogP contribution in [0.4, 0.5) is 0 Å². The summed E-state index contributed by atoms with van der Waals surface area (Å²) in [5.74, 6) is 0. The quantitative estimate of drug-likeness (QED) is 0.632. The van der Waals surface area contributed by atoms with Gasteiger partial charge in [0.2, 0.25) is 5.24 Å². The third-order valence-electron chi connectivity index (χ3n) is 0.546. The lowest BCUT2D eigenvalue weighted by Gasteiger charge is -1.82. The van der Waals surface area contributed by atoms with Crippen molar-refractivity contribution in [2.24, 2.45) is 5.73 Å². The highest BCUT2D eigenvalue weighted by molar-refractivity contribution is 6.63. The van der Waals surface area contributed by atoms with Crippen LogP contribution in [0.1, 0.15) is 13.3 Å². The number of rotatable bonds is 3. The van der Waals surface area contributed by atoms with Gasteiger partial charge in [-0.05, 0) is 24.6 Å². The Hall–Kier alpha value is -0.120. The minimum Gasteiger partial charge on any atom is -0.376 e. The molecule has 0 aliphatic heterocycles. The lowest BCUT2D eigenvalue weighted by Crippen LogP contribution is -1.95. The maximum Gasteiger partial charge on any atom is 0.247 e. The fourth-order valence-corrected chi connectivity index (χ4v) is 0.223. The molecule has 0 atom stereocenters. The molecule has 0 aliphatic carbocycles. The molecular formula is C6H14ClNO2. The van der Waals surface area contributed by atoms with E-state index in [1.165, 1.54) is 7.11 Å². The Kier molecular flexibility index (Phi) is 14.6. The molecular weight excluding hydrogens is 154 g/mol. The van der Waals surface area contributed by atoms with E-state index >= 15 is 0 Å². The molecule has 0 saturated carbocycles. The lowest BCUT2D eigenvalue weighted by atomic mass is 10.5. The summed E-state index contributed by atoms with van der Waals surface area (Å²) in [5, 5.41) is -0.461. The van der Waals surface area contributed by atoms with Crippen molar-refractivity contribution < 1.29 is 9.53 Å². The van der Waals surface area contributed by atoms with Crippen LogP contribution in [0.3, 0.4) is 0 Å². The van der Waals surface area contributed by atoms with Crippen molar-refractivity contribution >= 4 is 16.8 Å². The number of ether oxygens (including phenoxy) is 1. The SMILES string of the molecule is CCCN.COCC(=O)Cl. The smallest absolute Gasteiger partial charge is 0.247 e. The summed E-state index contributed by atoms with van der Waals surface area (Å²) < 4.78 is 4.32. The molecule has 0 amide bonds. The maximum absolute atomic E-state index is 9.68. The molecule has 0 unspecified atom stereocenters. The monoisotopic (exact) mass is 167 g/mol. The van der Waals surface area contributed by atoms with Gasteiger partial charge in [-0.1, -0.05) is 6.92 Å². The van der Waals surface area contributed by atoms with E-state index in [9.17, 15) is 4.79 Å². The zero-order valence-corrected chi connectivity index (χ0v) is 7.15. The Bertz CT molecular complexity index is 76.1. The Morgan fingerprint density at radius 2 is 2.10 bits per heavy atom. The molecule has 0 rings (SSSR count). The highest BCUT2D eigenvalue weighted by Crippen LogP contribution is 1.76. The molecule has 4 heteroatoms. The minimum atomic E-state index is -0.461. The number of hydrogen-bond acceptors (Lipinski definition) is 3. The average Bonchev–Trinajstić information content (AvgIpc) is 1.89. The van der Waals surface area contributed by atoms with Gasteiger partial charge in [0.05, 0.1) is 0 Å². The third-order valence-corrected chi connectivity index (χ3v) is 0.656. The van der Waals surface area contributed by atoms with Crippen LogP contribution in [0.15, 0.2) is 0 Å². The summed E-state index contributed by atoms with van der Waals surface area (Å²) in [5.41, 5.74) is 5.03. The molecule has 10 heavy (non-hydrogen) atoms. The highest BCUT2D eigenvalue weighted by Gasteiger charge is 1.87. The van der Waals surface area contributed by atoms with E-state index in [-0.39, 0.29) is 6.61 Å². The van der Waals surface area contributed by atoms with Gasteiger partial charge in [0, 0.05) is 7.11 Å². The normalized spacial score (nSPS) is 8.00. The van der Waals surface area contributed by atoms with Gasteiger partial charge in [0.1, 0.15) is 6.61 Å². The zero-order valence-electron chi connectivity index (χ0n) is 6.39. The van der Waals surface area contributed by atoms with Crippen LogP contribution in [0.25, 0.3) is 0 Å². The maximum atomic E-state index is 9.68. The molecule has 2 N–H and O–H groups in total. The number of methoxy groups -OCH3 is 1. The number of nitrogens with two attached hydrogens (primary N) is 1. The van der Waals surface area contributed by atoms with Gasteiger partial charge >= 0.3 is 0 Å². The van der Waals surface area contributed by atoms with Gasteiger partial charge < -0.3 is 10.5 Å². The topological polar surface area (TPSA) is 52.3 Å². The molecule has 0 radical (unpaired) electrons. The molecule has 3 nitrogen and oxygen atoms in total. The van der Waals surface area contributed by atoms with Crippen LogP contribution in [0.2, 0.25) is 0 Å². The van der Waals surface area contributed by atoms with E-state index < -0.39 is 5.24 Å². The molecule has 0 heterocycles. The van der Waals surface area contributed by atoms with Crippen molar-refractivity contribution in [1.82, 2.24) is 0 Å². The Morgan fingerprint density at radius 1 is 1.70 bits per heavy atom. The van der Waals surface area contributed by atoms with Crippen LogP contribution in [0, 0.1) is 0 Å². The number of halogens is 1. The predicted molar refractivity (Wildman–Crippen MR) is 42.1 cm³/mol. The Balaban J connectivity index is 0. The largest absolute Gasteiger partial charge is 0.376 e. The molecule has 0 aromatic rings. The molecule has 0 aliphatic rings. The minimum absolute atomic E-state index is 0.00154. The summed E-state index contributed by atoms with van der Waals surface area (Å²) in [6.45, 7) is 2.88. The summed E-state index contributed by atoms with van der Waals surface area (Å²) in [6, 6.07) is 0. The molecule has 0 fully saturated rings. The number of carbonyl (C=O) groups excluding carboxylic acids is 1. The van der Waals surface area contributed by atoms with Gasteiger partial charge in [-0.15, -0.1) is 0 Å². The molecule has 0 aromatic carbocycles. The molecule has 0 bridgehead atoms. The van der Waals surface area contributed by atoms with Crippen LogP contribution >= 0.6 is 11.6 Å². The summed E-state index contributed by atoms with van der Waals surface area (Å²) >= 11 is 4.81. The Morgan fingerprint density at radius 3 is 2.10 bits per heavy atom. The van der Waals surface area contributed by atoms with Gasteiger partial charge in [-0.3, -0.25) is 4.79 Å². The van der Waals surface area contributed by atoms with Crippen LogP contribution in [0.5, 0.6) is 0 Å². The molecule has 62 valence electrons. The second-order valence-electron chi connectivity index (χ2n) is 1.58. The van der Waals surface area contributed by atoms with E-state index in [0.717, 1.165) is 13.0 Å². The molecule has 0 saturated heterocycles. The van der Waals surface area contributed by atoms with Crippen molar-refractivity contribution in [2.45, 2.75) is 13.3 Å². The fraction of sp³-hybridized carbons (Fsp3) is 0.833. The number of hydrogen-bond donors (Lipinski definition) is 1.